The minimum absolute atomic E-state index is 0.158. The summed E-state index contributed by atoms with van der Waals surface area (Å²) in [4.78, 5) is 14.8. The summed E-state index contributed by atoms with van der Waals surface area (Å²) in [5, 5.41) is 3.34. The van der Waals surface area contributed by atoms with E-state index in [0.29, 0.717) is 5.91 Å². The lowest BCUT2D eigenvalue weighted by Gasteiger charge is -2.42. The summed E-state index contributed by atoms with van der Waals surface area (Å²) in [6, 6.07) is 0. The Morgan fingerprint density at radius 2 is 2.22 bits per heavy atom. The molecule has 2 unspecified atom stereocenters. The Morgan fingerprint density at radius 3 is 2.78 bits per heavy atom. The Labute approximate surface area is 110 Å². The van der Waals surface area contributed by atoms with Crippen LogP contribution in [0.3, 0.4) is 0 Å². The third-order valence-electron chi connectivity index (χ3n) is 4.81. The van der Waals surface area contributed by atoms with Crippen LogP contribution in [-0.4, -0.2) is 49.7 Å². The molecule has 2 rings (SSSR count). The second-order valence-corrected chi connectivity index (χ2v) is 6.04. The van der Waals surface area contributed by atoms with Crippen LogP contribution in [0, 0.1) is 5.41 Å². The van der Waals surface area contributed by atoms with Gasteiger partial charge >= 0.3 is 0 Å². The van der Waals surface area contributed by atoms with Gasteiger partial charge in [-0.2, -0.15) is 0 Å². The molecule has 2 aliphatic rings. The fourth-order valence-corrected chi connectivity index (χ4v) is 3.26. The fourth-order valence-electron chi connectivity index (χ4n) is 3.26. The van der Waals surface area contributed by atoms with Crippen molar-refractivity contribution in [1.29, 1.82) is 0 Å². The molecule has 104 valence electrons. The van der Waals surface area contributed by atoms with Gasteiger partial charge in [0.1, 0.15) is 0 Å². The van der Waals surface area contributed by atoms with E-state index in [-0.39, 0.29) is 11.0 Å². The number of nitrogens with zero attached hydrogens (tertiary/aromatic N) is 1. The lowest BCUT2D eigenvalue weighted by Crippen LogP contribution is -2.54. The number of nitrogens with one attached hydrogen (secondary N) is 1. The summed E-state index contributed by atoms with van der Waals surface area (Å²) < 4.78 is 5.58. The fraction of sp³-hybridized carbons (Fsp3) is 0.929. The van der Waals surface area contributed by atoms with Crippen LogP contribution in [0.15, 0.2) is 0 Å². The summed E-state index contributed by atoms with van der Waals surface area (Å²) in [5.74, 6) is 0.331. The molecule has 1 N–H and O–H groups in total. The third-order valence-corrected chi connectivity index (χ3v) is 4.81. The highest BCUT2D eigenvalue weighted by molar-refractivity contribution is 5.83. The minimum Gasteiger partial charge on any atom is -0.377 e. The number of amides is 1. The van der Waals surface area contributed by atoms with E-state index in [1.165, 1.54) is 0 Å². The molecular formula is C14H26N2O2. The van der Waals surface area contributed by atoms with Crippen molar-refractivity contribution in [3.05, 3.63) is 0 Å². The summed E-state index contributed by atoms with van der Waals surface area (Å²) >= 11 is 0. The van der Waals surface area contributed by atoms with Crippen LogP contribution in [0.1, 0.15) is 39.5 Å². The standard InChI is InChI=1S/C14H26N2O2/c1-4-14(7-8-15-10-14)12(17)16-9-5-6-13(2,11-16)18-3/h15H,4-11H2,1-3H3. The van der Waals surface area contributed by atoms with E-state index in [9.17, 15) is 4.79 Å². The Morgan fingerprint density at radius 1 is 1.44 bits per heavy atom. The highest BCUT2D eigenvalue weighted by Gasteiger charge is 2.44. The largest absolute Gasteiger partial charge is 0.377 e. The van der Waals surface area contributed by atoms with Gasteiger partial charge in [0, 0.05) is 26.7 Å². The summed E-state index contributed by atoms with van der Waals surface area (Å²) in [5.41, 5.74) is -0.319. The molecule has 2 fully saturated rings. The van der Waals surface area contributed by atoms with Crippen LogP contribution >= 0.6 is 0 Å². The summed E-state index contributed by atoms with van der Waals surface area (Å²) in [6.45, 7) is 7.67. The van der Waals surface area contributed by atoms with Gasteiger partial charge in [-0.3, -0.25) is 4.79 Å². The van der Waals surface area contributed by atoms with Crippen LogP contribution in [0.25, 0.3) is 0 Å². The van der Waals surface area contributed by atoms with E-state index in [1.807, 2.05) is 4.90 Å². The SMILES string of the molecule is CCC1(C(=O)N2CCCC(C)(OC)C2)CCNC1. The quantitative estimate of drug-likeness (QED) is 0.828. The number of hydrogen-bond acceptors (Lipinski definition) is 3. The Hall–Kier alpha value is -0.610. The molecule has 0 radical (unpaired) electrons. The molecule has 0 saturated carbocycles. The highest BCUT2D eigenvalue weighted by Crippen LogP contribution is 2.34. The maximum Gasteiger partial charge on any atom is 0.230 e. The number of hydrogen-bond donors (Lipinski definition) is 1. The van der Waals surface area contributed by atoms with Gasteiger partial charge in [0.25, 0.3) is 0 Å². The van der Waals surface area contributed by atoms with Gasteiger partial charge < -0.3 is 15.0 Å². The van der Waals surface area contributed by atoms with Crippen LogP contribution in [-0.2, 0) is 9.53 Å². The van der Waals surface area contributed by atoms with E-state index >= 15 is 0 Å². The summed E-state index contributed by atoms with van der Waals surface area (Å²) in [7, 11) is 1.75. The predicted molar refractivity (Wildman–Crippen MR) is 71.4 cm³/mol. The van der Waals surface area contributed by atoms with Gasteiger partial charge in [0.2, 0.25) is 5.91 Å². The van der Waals surface area contributed by atoms with Crippen molar-refractivity contribution >= 4 is 5.91 Å². The van der Waals surface area contributed by atoms with Crippen molar-refractivity contribution in [2.45, 2.75) is 45.1 Å². The van der Waals surface area contributed by atoms with Crippen LogP contribution in [0.2, 0.25) is 0 Å². The van der Waals surface area contributed by atoms with E-state index < -0.39 is 0 Å². The van der Waals surface area contributed by atoms with Gasteiger partial charge in [-0.25, -0.2) is 0 Å². The average molecular weight is 254 g/mol. The van der Waals surface area contributed by atoms with E-state index in [1.54, 1.807) is 7.11 Å². The van der Waals surface area contributed by atoms with Crippen molar-refractivity contribution in [3.63, 3.8) is 0 Å². The molecule has 2 saturated heterocycles. The molecule has 0 aromatic carbocycles. The molecule has 0 aromatic rings. The van der Waals surface area contributed by atoms with Gasteiger partial charge in [-0.1, -0.05) is 6.92 Å². The molecule has 4 nitrogen and oxygen atoms in total. The Kier molecular flexibility index (Phi) is 3.97. The zero-order valence-corrected chi connectivity index (χ0v) is 11.9. The maximum absolute atomic E-state index is 12.8. The van der Waals surface area contributed by atoms with E-state index in [0.717, 1.165) is 51.9 Å². The first-order valence-corrected chi connectivity index (χ1v) is 7.10. The van der Waals surface area contributed by atoms with Gasteiger partial charge in [0.05, 0.1) is 11.0 Å². The molecule has 2 aliphatic heterocycles. The Balaban J connectivity index is 2.08. The summed E-state index contributed by atoms with van der Waals surface area (Å²) in [6.07, 6.45) is 4.00. The molecule has 0 bridgehead atoms. The van der Waals surface area contributed by atoms with Gasteiger partial charge in [-0.05, 0) is 39.2 Å². The molecule has 0 spiro atoms. The second-order valence-electron chi connectivity index (χ2n) is 6.04. The highest BCUT2D eigenvalue weighted by atomic mass is 16.5. The minimum atomic E-state index is -0.161. The molecule has 0 aromatic heterocycles. The van der Waals surface area contributed by atoms with Crippen LogP contribution in [0.4, 0.5) is 0 Å². The maximum atomic E-state index is 12.8. The number of carbonyl (C=O) groups excluding carboxylic acids is 1. The van der Waals surface area contributed by atoms with E-state index in [4.69, 9.17) is 4.74 Å². The zero-order valence-electron chi connectivity index (χ0n) is 11.9. The van der Waals surface area contributed by atoms with Crippen molar-refractivity contribution in [2.24, 2.45) is 5.41 Å². The third kappa shape index (κ3) is 2.41. The van der Waals surface area contributed by atoms with Crippen LogP contribution < -0.4 is 5.32 Å². The Bertz CT molecular complexity index is 313. The predicted octanol–water partition coefficient (Wildman–Crippen LogP) is 1.40. The first-order valence-electron chi connectivity index (χ1n) is 7.10. The smallest absolute Gasteiger partial charge is 0.230 e. The lowest BCUT2D eigenvalue weighted by molar-refractivity contribution is -0.149. The topological polar surface area (TPSA) is 41.6 Å². The first-order chi connectivity index (χ1) is 8.55. The molecule has 2 atom stereocenters. The lowest BCUT2D eigenvalue weighted by atomic mass is 9.81. The van der Waals surface area contributed by atoms with Gasteiger partial charge in [-0.15, -0.1) is 0 Å². The monoisotopic (exact) mass is 254 g/mol. The molecular weight excluding hydrogens is 228 g/mol. The van der Waals surface area contributed by atoms with Crippen LogP contribution in [0.5, 0.6) is 0 Å². The second kappa shape index (κ2) is 5.17. The van der Waals surface area contributed by atoms with Gasteiger partial charge in [0.15, 0.2) is 0 Å². The number of likely N-dealkylation sites (tertiary alicyclic amines) is 1. The molecule has 18 heavy (non-hydrogen) atoms. The number of ether oxygens (including phenoxy) is 1. The first kappa shape index (κ1) is 13.8. The number of carbonyl (C=O) groups is 1. The van der Waals surface area contributed by atoms with Crippen molar-refractivity contribution in [2.75, 3.05) is 33.3 Å². The molecule has 0 aliphatic carbocycles. The van der Waals surface area contributed by atoms with E-state index in [2.05, 4.69) is 19.2 Å². The van der Waals surface area contributed by atoms with Crippen molar-refractivity contribution in [3.8, 4) is 0 Å². The normalized spacial score (nSPS) is 36.9. The molecule has 1 amide bonds. The zero-order chi connectivity index (χ0) is 13.2. The van der Waals surface area contributed by atoms with Crippen molar-refractivity contribution < 1.29 is 9.53 Å². The molecule has 2 heterocycles. The van der Waals surface area contributed by atoms with Crippen molar-refractivity contribution in [1.82, 2.24) is 10.2 Å². The average Bonchev–Trinajstić information content (AvgIpc) is 2.88. The number of piperidine rings is 1. The number of methoxy groups -OCH3 is 1. The number of rotatable bonds is 3. The molecule has 4 heteroatoms.